The molecule has 0 fully saturated rings. The minimum absolute atomic E-state index is 0. The molecule has 0 unspecified atom stereocenters. The van der Waals surface area contributed by atoms with Gasteiger partial charge in [0, 0.05) is 23.3 Å². The van der Waals surface area contributed by atoms with Crippen LogP contribution in [0, 0.1) is 35.4 Å². The molecule has 0 N–H and O–H groups in total. The van der Waals surface area contributed by atoms with E-state index in [2.05, 4.69) is 0 Å². The van der Waals surface area contributed by atoms with Crippen molar-refractivity contribution in [1.29, 1.82) is 0 Å². The van der Waals surface area contributed by atoms with Gasteiger partial charge >= 0.3 is 21.7 Å². The Kier molecular flexibility index (Phi) is 13.0. The summed E-state index contributed by atoms with van der Waals surface area (Å²) in [6.07, 6.45) is 0. The van der Waals surface area contributed by atoms with Crippen molar-refractivity contribution in [2.45, 2.75) is 0 Å². The molecule has 0 saturated heterocycles. The molecule has 0 aromatic heterocycles. The first kappa shape index (κ1) is 31.1. The Balaban J connectivity index is 0.000000221. The molecule has 5 aromatic rings. The average Bonchev–Trinajstić information content (AvgIpc) is 3.50. The summed E-state index contributed by atoms with van der Waals surface area (Å²) < 4.78 is 52.2. The Labute approximate surface area is 245 Å². The second kappa shape index (κ2) is 15.9. The van der Waals surface area contributed by atoms with E-state index in [1.807, 2.05) is 78.9 Å². The van der Waals surface area contributed by atoms with E-state index >= 15 is 0 Å². The van der Waals surface area contributed by atoms with E-state index in [-0.39, 0.29) is 32.8 Å². The zero-order valence-electron chi connectivity index (χ0n) is 19.8. The van der Waals surface area contributed by atoms with E-state index in [1.165, 1.54) is 12.1 Å². The Bertz CT molecular complexity index is 1320. The molecule has 0 aliphatic rings. The summed E-state index contributed by atoms with van der Waals surface area (Å²) >= 11 is 10.3. The zero-order valence-corrected chi connectivity index (χ0v) is 23.0. The molecule has 1 radical (unpaired) electrons. The Hall–Kier alpha value is -3.16. The van der Waals surface area contributed by atoms with Crippen molar-refractivity contribution in [3.63, 3.8) is 0 Å². The number of hydrogen-bond acceptors (Lipinski definition) is 2. The average molecular weight is 579 g/mol. The first-order valence-corrected chi connectivity index (χ1v) is 11.8. The maximum atomic E-state index is 13.4. The molecule has 7 heteroatoms. The van der Waals surface area contributed by atoms with Crippen LogP contribution in [0.3, 0.4) is 0 Å². The third-order valence-electron chi connectivity index (χ3n) is 4.84. The monoisotopic (exact) mass is 579 g/mol. The van der Waals surface area contributed by atoms with Crippen molar-refractivity contribution in [3.05, 3.63) is 173 Å². The predicted octanol–water partition coefficient (Wildman–Crippen LogP) is 8.47. The molecule has 187 valence electrons. The van der Waals surface area contributed by atoms with Gasteiger partial charge in [-0.05, 0) is 20.9 Å². The Morgan fingerprint density at radius 3 is 1.18 bits per heavy atom. The largest absolute Gasteiger partial charge is 3.00 e. The van der Waals surface area contributed by atoms with E-state index in [9.17, 15) is 17.6 Å². The fraction of sp³-hybridized carbons (Fsp3) is 0. The normalized spacial score (nSPS) is 9.58. The van der Waals surface area contributed by atoms with Crippen molar-refractivity contribution in [3.8, 4) is 0 Å². The molecule has 38 heavy (non-hydrogen) atoms. The molecule has 0 spiro atoms. The van der Waals surface area contributed by atoms with Crippen molar-refractivity contribution >= 4 is 34.2 Å². The van der Waals surface area contributed by atoms with Crippen LogP contribution in [0.15, 0.2) is 115 Å². The van der Waals surface area contributed by atoms with Crippen LogP contribution >= 0.6 is 24.4 Å². The summed E-state index contributed by atoms with van der Waals surface area (Å²) in [5, 5.41) is 0. The van der Waals surface area contributed by atoms with Gasteiger partial charge in [0.2, 0.25) is 0 Å². The smallest absolute Gasteiger partial charge is 0.236 e. The van der Waals surface area contributed by atoms with Gasteiger partial charge in [0.15, 0.2) is 0 Å². The van der Waals surface area contributed by atoms with E-state index in [0.29, 0.717) is 9.73 Å². The summed E-state index contributed by atoms with van der Waals surface area (Å²) in [5.74, 6) is -2.96. The number of hydrogen-bond donors (Lipinski definition) is 0. The fourth-order valence-corrected chi connectivity index (χ4v) is 3.64. The van der Waals surface area contributed by atoms with Crippen LogP contribution in [-0.4, -0.2) is 9.73 Å². The Morgan fingerprint density at radius 1 is 0.526 bits per heavy atom. The summed E-state index contributed by atoms with van der Waals surface area (Å²) in [7, 11) is 0. The molecule has 5 aromatic carbocycles. The molecule has 0 aliphatic carbocycles. The third kappa shape index (κ3) is 9.30. The van der Waals surface area contributed by atoms with Crippen molar-refractivity contribution in [2.75, 3.05) is 0 Å². The van der Waals surface area contributed by atoms with E-state index < -0.39 is 23.3 Å². The van der Waals surface area contributed by atoms with Gasteiger partial charge in [-0.2, -0.15) is 30.3 Å². The van der Waals surface area contributed by atoms with Gasteiger partial charge in [-0.3, -0.25) is 0 Å². The van der Waals surface area contributed by atoms with Crippen LogP contribution in [0.2, 0.25) is 0 Å². The quantitative estimate of drug-likeness (QED) is 0.0689. The molecular formula is C31H19F4S2Ti. The van der Waals surface area contributed by atoms with Gasteiger partial charge in [0.1, 0.15) is 0 Å². The van der Waals surface area contributed by atoms with E-state index in [4.69, 9.17) is 24.4 Å². The van der Waals surface area contributed by atoms with Crippen molar-refractivity contribution < 1.29 is 39.3 Å². The van der Waals surface area contributed by atoms with Crippen molar-refractivity contribution in [1.82, 2.24) is 0 Å². The molecule has 0 saturated carbocycles. The molecular weight excluding hydrogens is 560 g/mol. The first-order valence-electron chi connectivity index (χ1n) is 11.0. The van der Waals surface area contributed by atoms with Gasteiger partial charge in [0.05, 0.1) is 0 Å². The number of halogens is 4. The first-order chi connectivity index (χ1) is 17.9. The molecule has 0 amide bonds. The zero-order chi connectivity index (χ0) is 26.6. The minimum atomic E-state index is -0.756. The molecule has 0 bridgehead atoms. The number of benzene rings is 4. The van der Waals surface area contributed by atoms with Crippen LogP contribution in [0.1, 0.15) is 22.3 Å². The predicted molar refractivity (Wildman–Crippen MR) is 147 cm³/mol. The summed E-state index contributed by atoms with van der Waals surface area (Å²) in [6, 6.07) is 37.0. The van der Waals surface area contributed by atoms with E-state index in [1.54, 1.807) is 24.3 Å². The summed E-state index contributed by atoms with van der Waals surface area (Å²) in [4.78, 5) is 0.712. The van der Waals surface area contributed by atoms with E-state index in [0.717, 1.165) is 23.3 Å². The second-order valence-electron chi connectivity index (χ2n) is 7.42. The fourth-order valence-electron chi connectivity index (χ4n) is 3.05. The maximum Gasteiger partial charge on any atom is 3.00 e. The van der Waals surface area contributed by atoms with Gasteiger partial charge in [-0.15, -0.1) is 24.3 Å². The van der Waals surface area contributed by atoms with Crippen LogP contribution in [0.5, 0.6) is 0 Å². The molecule has 5 rings (SSSR count). The SMILES string of the molecule is Fc1[c-]c(F)c(C(=S)c2ccccc2)cc1.Fc1[c-]c(F)c(C(=S)c2ccccc2)cc1.[Ti+3].c1cc[cH-]c1. The van der Waals surface area contributed by atoms with Crippen LogP contribution in [0.4, 0.5) is 17.6 Å². The van der Waals surface area contributed by atoms with Crippen LogP contribution in [0.25, 0.3) is 0 Å². The van der Waals surface area contributed by atoms with Gasteiger partial charge in [-0.25, -0.2) is 29.7 Å². The number of rotatable bonds is 4. The number of thiocarbonyl (C=S) groups is 2. The molecule has 0 aliphatic heterocycles. The summed E-state index contributed by atoms with van der Waals surface area (Å²) in [5.41, 5.74) is 1.86. The molecule has 0 heterocycles. The maximum absolute atomic E-state index is 13.4. The summed E-state index contributed by atoms with van der Waals surface area (Å²) in [6.45, 7) is 0. The van der Waals surface area contributed by atoms with Crippen molar-refractivity contribution in [2.24, 2.45) is 0 Å². The second-order valence-corrected chi connectivity index (χ2v) is 8.24. The minimum Gasteiger partial charge on any atom is -0.236 e. The molecule has 0 atom stereocenters. The van der Waals surface area contributed by atoms with Gasteiger partial charge < -0.3 is 0 Å². The Morgan fingerprint density at radius 2 is 0.895 bits per heavy atom. The topological polar surface area (TPSA) is 0 Å². The molecule has 0 nitrogen and oxygen atoms in total. The van der Waals surface area contributed by atoms with Crippen LogP contribution in [-0.2, 0) is 21.7 Å². The van der Waals surface area contributed by atoms with Crippen LogP contribution < -0.4 is 0 Å². The third-order valence-corrected chi connectivity index (χ3v) is 5.75. The van der Waals surface area contributed by atoms with Gasteiger partial charge in [-0.1, -0.05) is 96.2 Å². The van der Waals surface area contributed by atoms with Gasteiger partial charge in [0.25, 0.3) is 0 Å². The standard InChI is InChI=1S/2C13H7F2S.C5H5.Ti/c2*14-10-6-7-11(12(15)8-10)13(16)9-4-2-1-3-5-9;1-2-4-5-3-1;/h2*1-7H;1-5H;/q3*-1;+3.